The fourth-order valence-electron chi connectivity index (χ4n) is 2.27. The number of anilines is 1. The molecule has 0 radical (unpaired) electrons. The highest BCUT2D eigenvalue weighted by molar-refractivity contribution is 6.30. The molecule has 0 spiro atoms. The first kappa shape index (κ1) is 15.4. The summed E-state index contributed by atoms with van der Waals surface area (Å²) in [5.41, 5.74) is 2.85. The second-order valence-electron chi connectivity index (χ2n) is 4.85. The number of nitrogens with zero attached hydrogens (tertiary/aromatic N) is 3. The third-order valence-electron chi connectivity index (χ3n) is 3.21. The van der Waals surface area contributed by atoms with E-state index in [1.54, 1.807) is 21.7 Å². The number of aryl methyl sites for hydroxylation is 2. The van der Waals surface area contributed by atoms with Crippen molar-refractivity contribution in [2.45, 2.75) is 19.9 Å². The minimum absolute atomic E-state index is 0.0698. The summed E-state index contributed by atoms with van der Waals surface area (Å²) in [6, 6.07) is 7.17. The van der Waals surface area contributed by atoms with Crippen LogP contribution in [0, 0.1) is 0 Å². The topological polar surface area (TPSA) is 58.4 Å². The van der Waals surface area contributed by atoms with E-state index in [-0.39, 0.29) is 6.54 Å². The largest absolute Gasteiger partial charge is 0.480 e. The molecule has 1 heterocycles. The summed E-state index contributed by atoms with van der Waals surface area (Å²) in [5, 5.41) is 14.1. The fraction of sp³-hybridized carbons (Fsp3) is 0.333. The monoisotopic (exact) mass is 307 g/mol. The first-order valence-electron chi connectivity index (χ1n) is 6.73. The van der Waals surface area contributed by atoms with Crippen LogP contribution in [0.1, 0.15) is 18.2 Å². The van der Waals surface area contributed by atoms with E-state index in [0.29, 0.717) is 11.6 Å². The Morgan fingerprint density at radius 3 is 2.62 bits per heavy atom. The molecule has 0 atom stereocenters. The van der Waals surface area contributed by atoms with Gasteiger partial charge in [-0.2, -0.15) is 5.10 Å². The number of aliphatic carboxylic acids is 1. The van der Waals surface area contributed by atoms with Crippen molar-refractivity contribution in [3.63, 3.8) is 0 Å². The number of carbonyl (C=O) groups is 1. The summed E-state index contributed by atoms with van der Waals surface area (Å²) in [6.45, 7) is 2.47. The van der Waals surface area contributed by atoms with Crippen molar-refractivity contribution in [1.29, 1.82) is 0 Å². The average Bonchev–Trinajstić information content (AvgIpc) is 2.78. The highest BCUT2D eigenvalue weighted by atomic mass is 35.5. The molecule has 1 aromatic carbocycles. The molecular weight excluding hydrogens is 290 g/mol. The Kier molecular flexibility index (Phi) is 4.85. The zero-order valence-electron chi connectivity index (χ0n) is 12.1. The zero-order valence-corrected chi connectivity index (χ0v) is 12.8. The number of halogens is 1. The first-order chi connectivity index (χ1) is 9.99. The lowest BCUT2D eigenvalue weighted by molar-refractivity contribution is -0.135. The van der Waals surface area contributed by atoms with E-state index < -0.39 is 5.97 Å². The van der Waals surface area contributed by atoms with E-state index >= 15 is 0 Å². The van der Waals surface area contributed by atoms with Gasteiger partial charge in [-0.05, 0) is 30.7 Å². The molecule has 0 bridgehead atoms. The number of rotatable bonds is 6. The molecule has 2 aromatic rings. The smallest absolute Gasteiger partial charge is 0.323 e. The molecular formula is C15H18ClN3O2. The van der Waals surface area contributed by atoms with Crippen molar-refractivity contribution in [3.8, 4) is 0 Å². The van der Waals surface area contributed by atoms with Crippen molar-refractivity contribution in [3.05, 3.63) is 46.7 Å². The van der Waals surface area contributed by atoms with Crippen molar-refractivity contribution in [1.82, 2.24) is 9.78 Å². The van der Waals surface area contributed by atoms with Crippen molar-refractivity contribution < 1.29 is 9.90 Å². The number of hydrogen-bond donors (Lipinski definition) is 1. The molecule has 0 aliphatic heterocycles. The van der Waals surface area contributed by atoms with Crippen molar-refractivity contribution in [2.24, 2.45) is 7.05 Å². The Morgan fingerprint density at radius 1 is 1.38 bits per heavy atom. The van der Waals surface area contributed by atoms with Crippen LogP contribution in [0.25, 0.3) is 0 Å². The Balaban J connectivity index is 2.27. The van der Waals surface area contributed by atoms with Gasteiger partial charge >= 0.3 is 5.97 Å². The number of hydrogen-bond acceptors (Lipinski definition) is 3. The maximum absolute atomic E-state index is 11.1. The van der Waals surface area contributed by atoms with Crippen molar-refractivity contribution in [2.75, 3.05) is 11.4 Å². The standard InChI is InChI=1S/C15H18ClN3O2/c1-3-14-11(8-18(2)17-14)9-19(10-15(20)21)13-6-4-12(16)5-7-13/h4-8H,3,9-10H2,1-2H3,(H,20,21). The molecule has 0 aliphatic carbocycles. The maximum atomic E-state index is 11.1. The molecule has 1 N–H and O–H groups in total. The molecule has 0 amide bonds. The molecule has 0 saturated carbocycles. The van der Waals surface area contributed by atoms with Crippen molar-refractivity contribution >= 4 is 23.3 Å². The highest BCUT2D eigenvalue weighted by Gasteiger charge is 2.15. The van der Waals surface area contributed by atoms with Crippen LogP contribution in [0.2, 0.25) is 5.02 Å². The van der Waals surface area contributed by atoms with Crippen LogP contribution in [-0.2, 0) is 24.8 Å². The van der Waals surface area contributed by atoms with Gasteiger partial charge in [0.2, 0.25) is 0 Å². The van der Waals surface area contributed by atoms with Gasteiger partial charge in [0.25, 0.3) is 0 Å². The normalized spacial score (nSPS) is 10.6. The van der Waals surface area contributed by atoms with Gasteiger partial charge in [0.1, 0.15) is 6.54 Å². The average molecular weight is 308 g/mol. The van der Waals surface area contributed by atoms with Gasteiger partial charge in [-0.3, -0.25) is 9.48 Å². The third kappa shape index (κ3) is 3.98. The first-order valence-corrected chi connectivity index (χ1v) is 7.11. The van der Waals surface area contributed by atoms with Crippen LogP contribution in [0.5, 0.6) is 0 Å². The van der Waals surface area contributed by atoms with E-state index in [1.165, 1.54) is 0 Å². The van der Waals surface area contributed by atoms with Gasteiger partial charge in [-0.1, -0.05) is 18.5 Å². The number of benzene rings is 1. The predicted molar refractivity (Wildman–Crippen MR) is 82.7 cm³/mol. The van der Waals surface area contributed by atoms with Crippen LogP contribution >= 0.6 is 11.6 Å². The van der Waals surface area contributed by atoms with Gasteiger partial charge in [-0.25, -0.2) is 0 Å². The number of aromatic nitrogens is 2. The van der Waals surface area contributed by atoms with E-state index in [9.17, 15) is 4.79 Å². The molecule has 21 heavy (non-hydrogen) atoms. The summed E-state index contributed by atoms with van der Waals surface area (Å²) in [7, 11) is 1.87. The molecule has 5 nitrogen and oxygen atoms in total. The number of carboxylic acids is 1. The summed E-state index contributed by atoms with van der Waals surface area (Å²) in [4.78, 5) is 12.9. The summed E-state index contributed by atoms with van der Waals surface area (Å²) in [5.74, 6) is -0.869. The summed E-state index contributed by atoms with van der Waals surface area (Å²) >= 11 is 5.89. The number of carboxylic acid groups (broad SMARTS) is 1. The lowest BCUT2D eigenvalue weighted by Gasteiger charge is -2.22. The Labute approximate surface area is 128 Å². The van der Waals surface area contributed by atoms with Crippen LogP contribution in [0.15, 0.2) is 30.5 Å². The lowest BCUT2D eigenvalue weighted by Crippen LogP contribution is -2.29. The van der Waals surface area contributed by atoms with Gasteiger partial charge in [0.05, 0.1) is 5.69 Å². The van der Waals surface area contributed by atoms with Gasteiger partial charge in [-0.15, -0.1) is 0 Å². The van der Waals surface area contributed by atoms with E-state index in [4.69, 9.17) is 16.7 Å². The quantitative estimate of drug-likeness (QED) is 0.891. The van der Waals surface area contributed by atoms with Gasteiger partial charge in [0.15, 0.2) is 0 Å². The molecule has 0 saturated heterocycles. The van der Waals surface area contributed by atoms with E-state index in [0.717, 1.165) is 23.4 Å². The molecule has 112 valence electrons. The zero-order chi connectivity index (χ0) is 15.4. The van der Waals surface area contributed by atoms with E-state index in [2.05, 4.69) is 5.10 Å². The summed E-state index contributed by atoms with van der Waals surface area (Å²) in [6.07, 6.45) is 2.75. The fourth-order valence-corrected chi connectivity index (χ4v) is 2.40. The Morgan fingerprint density at radius 2 is 2.05 bits per heavy atom. The maximum Gasteiger partial charge on any atom is 0.323 e. The van der Waals surface area contributed by atoms with E-state index in [1.807, 2.05) is 32.3 Å². The third-order valence-corrected chi connectivity index (χ3v) is 3.46. The molecule has 2 rings (SSSR count). The summed E-state index contributed by atoms with van der Waals surface area (Å²) < 4.78 is 1.76. The predicted octanol–water partition coefficient (Wildman–Crippen LogP) is 2.73. The Bertz CT molecular complexity index is 622. The highest BCUT2D eigenvalue weighted by Crippen LogP contribution is 2.21. The lowest BCUT2D eigenvalue weighted by atomic mass is 10.2. The Hall–Kier alpha value is -2.01. The van der Waals surface area contributed by atoms with Crippen LogP contribution in [0.4, 0.5) is 5.69 Å². The van der Waals surface area contributed by atoms with Crippen LogP contribution in [0.3, 0.4) is 0 Å². The minimum atomic E-state index is -0.869. The molecule has 1 aromatic heterocycles. The molecule has 0 fully saturated rings. The SMILES string of the molecule is CCc1nn(C)cc1CN(CC(=O)O)c1ccc(Cl)cc1. The second-order valence-corrected chi connectivity index (χ2v) is 5.29. The molecule has 0 unspecified atom stereocenters. The van der Waals surface area contributed by atoms with Gasteiger partial charge < -0.3 is 10.0 Å². The minimum Gasteiger partial charge on any atom is -0.480 e. The molecule has 0 aliphatic rings. The van der Waals surface area contributed by atoms with Crippen LogP contribution in [-0.4, -0.2) is 27.4 Å². The van der Waals surface area contributed by atoms with Gasteiger partial charge in [0, 0.05) is 36.1 Å². The second kappa shape index (κ2) is 6.63. The molecule has 6 heteroatoms. The van der Waals surface area contributed by atoms with Crippen LogP contribution < -0.4 is 4.90 Å².